The SMILES string of the molecule is CC(c1ccc(C(C)(C)C)nc1)N1CCNCC1. The van der Waals surface area contributed by atoms with Gasteiger partial charge >= 0.3 is 0 Å². The lowest BCUT2D eigenvalue weighted by atomic mass is 9.91. The average Bonchev–Trinajstić information content (AvgIpc) is 2.38. The number of aromatic nitrogens is 1. The number of rotatable bonds is 2. The van der Waals surface area contributed by atoms with Crippen molar-refractivity contribution >= 4 is 0 Å². The molecule has 2 rings (SSSR count). The lowest BCUT2D eigenvalue weighted by Gasteiger charge is -2.33. The molecule has 0 bridgehead atoms. The highest BCUT2D eigenvalue weighted by Crippen LogP contribution is 2.24. The summed E-state index contributed by atoms with van der Waals surface area (Å²) in [5.74, 6) is 0. The number of pyridine rings is 1. The van der Waals surface area contributed by atoms with Crippen molar-refractivity contribution in [1.82, 2.24) is 15.2 Å². The van der Waals surface area contributed by atoms with Gasteiger partial charge in [-0.25, -0.2) is 0 Å². The number of nitrogens with zero attached hydrogens (tertiary/aromatic N) is 2. The molecule has 1 atom stereocenters. The molecule has 1 aliphatic rings. The molecule has 0 amide bonds. The van der Waals surface area contributed by atoms with Crippen molar-refractivity contribution in [2.45, 2.75) is 39.2 Å². The zero-order chi connectivity index (χ0) is 13.2. The zero-order valence-electron chi connectivity index (χ0n) is 12.0. The van der Waals surface area contributed by atoms with Gasteiger partial charge in [-0.3, -0.25) is 9.88 Å². The van der Waals surface area contributed by atoms with Crippen molar-refractivity contribution in [2.24, 2.45) is 0 Å². The third-order valence-electron chi connectivity index (χ3n) is 3.74. The van der Waals surface area contributed by atoms with Gasteiger partial charge in [0.2, 0.25) is 0 Å². The molecule has 100 valence electrons. The zero-order valence-corrected chi connectivity index (χ0v) is 12.0. The number of piperazine rings is 1. The molecule has 0 spiro atoms. The van der Waals surface area contributed by atoms with Gasteiger partial charge in [0.1, 0.15) is 0 Å². The molecule has 0 saturated carbocycles. The molecule has 3 nitrogen and oxygen atoms in total. The Morgan fingerprint density at radius 2 is 1.89 bits per heavy atom. The van der Waals surface area contributed by atoms with Crippen LogP contribution in [-0.2, 0) is 5.41 Å². The first-order valence-electron chi connectivity index (χ1n) is 6.89. The molecule has 0 aliphatic carbocycles. The smallest absolute Gasteiger partial charge is 0.0457 e. The van der Waals surface area contributed by atoms with Crippen molar-refractivity contribution in [3.8, 4) is 0 Å². The Hall–Kier alpha value is -0.930. The first kappa shape index (κ1) is 13.5. The van der Waals surface area contributed by atoms with Gasteiger partial charge in [0.05, 0.1) is 0 Å². The fourth-order valence-electron chi connectivity index (χ4n) is 2.38. The van der Waals surface area contributed by atoms with E-state index in [1.807, 2.05) is 6.20 Å². The fraction of sp³-hybridized carbons (Fsp3) is 0.667. The van der Waals surface area contributed by atoms with E-state index >= 15 is 0 Å². The van der Waals surface area contributed by atoms with E-state index in [1.165, 1.54) is 11.3 Å². The molecular formula is C15H25N3. The Morgan fingerprint density at radius 3 is 2.39 bits per heavy atom. The van der Waals surface area contributed by atoms with Crippen LogP contribution in [0.15, 0.2) is 18.3 Å². The first-order chi connectivity index (χ1) is 8.48. The second-order valence-corrected chi connectivity index (χ2v) is 6.19. The van der Waals surface area contributed by atoms with Crippen LogP contribution in [0.2, 0.25) is 0 Å². The van der Waals surface area contributed by atoms with E-state index in [0.29, 0.717) is 6.04 Å². The predicted molar refractivity (Wildman–Crippen MR) is 75.8 cm³/mol. The molecule has 3 heteroatoms. The summed E-state index contributed by atoms with van der Waals surface area (Å²) >= 11 is 0. The van der Waals surface area contributed by atoms with Gasteiger partial charge in [-0.05, 0) is 18.6 Å². The molecule has 1 N–H and O–H groups in total. The second-order valence-electron chi connectivity index (χ2n) is 6.19. The van der Waals surface area contributed by atoms with Crippen LogP contribution in [0.4, 0.5) is 0 Å². The fourth-order valence-corrected chi connectivity index (χ4v) is 2.38. The third kappa shape index (κ3) is 3.09. The summed E-state index contributed by atoms with van der Waals surface area (Å²) in [4.78, 5) is 7.14. The third-order valence-corrected chi connectivity index (χ3v) is 3.74. The molecule has 1 aromatic heterocycles. The van der Waals surface area contributed by atoms with E-state index in [0.717, 1.165) is 26.2 Å². The standard InChI is InChI=1S/C15H25N3/c1-12(18-9-7-16-8-10-18)13-5-6-14(17-11-13)15(2,3)4/h5-6,11-12,16H,7-10H2,1-4H3. The molecule has 1 saturated heterocycles. The van der Waals surface area contributed by atoms with Crippen LogP contribution in [0, 0.1) is 0 Å². The molecule has 1 fully saturated rings. The van der Waals surface area contributed by atoms with Crippen LogP contribution < -0.4 is 5.32 Å². The predicted octanol–water partition coefficient (Wildman–Crippen LogP) is 2.35. The van der Waals surface area contributed by atoms with Gasteiger partial charge < -0.3 is 5.32 Å². The van der Waals surface area contributed by atoms with Gasteiger partial charge in [-0.1, -0.05) is 26.8 Å². The second kappa shape index (κ2) is 5.37. The molecule has 1 aromatic rings. The largest absolute Gasteiger partial charge is 0.314 e. The highest BCUT2D eigenvalue weighted by Gasteiger charge is 2.19. The normalized spacial score (nSPS) is 19.8. The Bertz CT molecular complexity index is 372. The minimum atomic E-state index is 0.136. The lowest BCUT2D eigenvalue weighted by molar-refractivity contribution is 0.185. The van der Waals surface area contributed by atoms with Crippen molar-refractivity contribution in [2.75, 3.05) is 26.2 Å². The van der Waals surface area contributed by atoms with Gasteiger partial charge in [-0.2, -0.15) is 0 Å². The summed E-state index contributed by atoms with van der Waals surface area (Å²) in [5.41, 5.74) is 2.63. The van der Waals surface area contributed by atoms with Gasteiger partial charge in [-0.15, -0.1) is 0 Å². The van der Waals surface area contributed by atoms with E-state index in [4.69, 9.17) is 0 Å². The maximum absolute atomic E-state index is 4.62. The summed E-state index contributed by atoms with van der Waals surface area (Å²) in [7, 11) is 0. The topological polar surface area (TPSA) is 28.2 Å². The van der Waals surface area contributed by atoms with E-state index in [-0.39, 0.29) is 5.41 Å². The Kier molecular flexibility index (Phi) is 4.03. The highest BCUT2D eigenvalue weighted by atomic mass is 15.2. The molecule has 0 radical (unpaired) electrons. The molecule has 0 aromatic carbocycles. The van der Waals surface area contributed by atoms with E-state index in [1.54, 1.807) is 0 Å². The minimum Gasteiger partial charge on any atom is -0.314 e. The van der Waals surface area contributed by atoms with Crippen LogP contribution >= 0.6 is 0 Å². The molecule has 1 aliphatic heterocycles. The van der Waals surface area contributed by atoms with Crippen molar-refractivity contribution in [3.05, 3.63) is 29.6 Å². The van der Waals surface area contributed by atoms with Crippen LogP contribution in [0.25, 0.3) is 0 Å². The first-order valence-corrected chi connectivity index (χ1v) is 6.89. The maximum Gasteiger partial charge on any atom is 0.0457 e. The molecule has 1 unspecified atom stereocenters. The number of hydrogen-bond acceptors (Lipinski definition) is 3. The Labute approximate surface area is 111 Å². The minimum absolute atomic E-state index is 0.136. The van der Waals surface area contributed by atoms with Crippen molar-refractivity contribution in [1.29, 1.82) is 0 Å². The Balaban J connectivity index is 2.09. The van der Waals surface area contributed by atoms with Gasteiger partial charge in [0.25, 0.3) is 0 Å². The van der Waals surface area contributed by atoms with Crippen LogP contribution in [0.3, 0.4) is 0 Å². The van der Waals surface area contributed by atoms with E-state index in [9.17, 15) is 0 Å². The summed E-state index contributed by atoms with van der Waals surface area (Å²) < 4.78 is 0. The van der Waals surface area contributed by atoms with Crippen molar-refractivity contribution in [3.63, 3.8) is 0 Å². The van der Waals surface area contributed by atoms with Gasteiger partial charge in [0.15, 0.2) is 0 Å². The molecule has 2 heterocycles. The number of hydrogen-bond donors (Lipinski definition) is 1. The van der Waals surface area contributed by atoms with E-state index < -0.39 is 0 Å². The lowest BCUT2D eigenvalue weighted by Crippen LogP contribution is -2.44. The molecular weight excluding hydrogens is 222 g/mol. The summed E-state index contributed by atoms with van der Waals surface area (Å²) in [6, 6.07) is 4.88. The van der Waals surface area contributed by atoms with Crippen LogP contribution in [0.1, 0.15) is 45.0 Å². The van der Waals surface area contributed by atoms with Crippen LogP contribution in [0.5, 0.6) is 0 Å². The quantitative estimate of drug-likeness (QED) is 0.869. The molecule has 18 heavy (non-hydrogen) atoms. The van der Waals surface area contributed by atoms with Gasteiger partial charge in [0, 0.05) is 49.5 Å². The van der Waals surface area contributed by atoms with Crippen LogP contribution in [-0.4, -0.2) is 36.1 Å². The highest BCUT2D eigenvalue weighted by molar-refractivity contribution is 5.21. The summed E-state index contributed by atoms with van der Waals surface area (Å²) in [6.07, 6.45) is 2.05. The Morgan fingerprint density at radius 1 is 1.22 bits per heavy atom. The summed E-state index contributed by atoms with van der Waals surface area (Å²) in [5, 5.41) is 3.39. The number of nitrogens with one attached hydrogen (secondary N) is 1. The maximum atomic E-state index is 4.62. The van der Waals surface area contributed by atoms with E-state index in [2.05, 4.69) is 55.0 Å². The van der Waals surface area contributed by atoms with Crippen molar-refractivity contribution < 1.29 is 0 Å². The summed E-state index contributed by atoms with van der Waals surface area (Å²) in [6.45, 7) is 13.3. The monoisotopic (exact) mass is 247 g/mol. The average molecular weight is 247 g/mol.